The van der Waals surface area contributed by atoms with Gasteiger partial charge in [0, 0.05) is 31.3 Å². The SMILES string of the molecule is COc1cc(OC)cc(C(=O)N(C)CC2CCCN2)c1. The lowest BCUT2D eigenvalue weighted by atomic mass is 10.1. The molecule has 1 unspecified atom stereocenters. The van der Waals surface area contributed by atoms with Gasteiger partial charge in [0.1, 0.15) is 11.5 Å². The van der Waals surface area contributed by atoms with E-state index in [9.17, 15) is 4.79 Å². The zero-order valence-corrected chi connectivity index (χ0v) is 12.3. The Morgan fingerprint density at radius 2 is 1.95 bits per heavy atom. The Morgan fingerprint density at radius 1 is 1.30 bits per heavy atom. The first kappa shape index (κ1) is 14.7. The first-order chi connectivity index (χ1) is 9.63. The van der Waals surface area contributed by atoms with Crippen LogP contribution in [0.15, 0.2) is 18.2 Å². The molecule has 5 heteroatoms. The van der Waals surface area contributed by atoms with Gasteiger partial charge in [0.15, 0.2) is 0 Å². The van der Waals surface area contributed by atoms with E-state index in [2.05, 4.69) is 5.32 Å². The number of nitrogens with zero attached hydrogens (tertiary/aromatic N) is 1. The summed E-state index contributed by atoms with van der Waals surface area (Å²) in [5, 5.41) is 3.40. The van der Waals surface area contributed by atoms with E-state index in [1.165, 1.54) is 6.42 Å². The van der Waals surface area contributed by atoms with Crippen LogP contribution in [0.4, 0.5) is 0 Å². The van der Waals surface area contributed by atoms with E-state index in [1.54, 1.807) is 37.3 Å². The Morgan fingerprint density at radius 3 is 2.45 bits per heavy atom. The summed E-state index contributed by atoms with van der Waals surface area (Å²) in [6.45, 7) is 1.76. The summed E-state index contributed by atoms with van der Waals surface area (Å²) >= 11 is 0. The molecule has 0 radical (unpaired) electrons. The van der Waals surface area contributed by atoms with Crippen LogP contribution in [0.1, 0.15) is 23.2 Å². The van der Waals surface area contributed by atoms with Crippen molar-refractivity contribution in [3.63, 3.8) is 0 Å². The number of hydrogen-bond acceptors (Lipinski definition) is 4. The second-order valence-electron chi connectivity index (χ2n) is 5.08. The average Bonchev–Trinajstić information content (AvgIpc) is 2.98. The highest BCUT2D eigenvalue weighted by molar-refractivity contribution is 5.95. The number of carbonyl (C=O) groups excluding carboxylic acids is 1. The second kappa shape index (κ2) is 6.61. The monoisotopic (exact) mass is 278 g/mol. The number of hydrogen-bond donors (Lipinski definition) is 1. The molecule has 1 fully saturated rings. The second-order valence-corrected chi connectivity index (χ2v) is 5.08. The van der Waals surface area contributed by atoms with Crippen LogP contribution in [-0.4, -0.2) is 51.2 Å². The number of amides is 1. The van der Waals surface area contributed by atoms with Crippen molar-refractivity contribution in [2.75, 3.05) is 34.4 Å². The van der Waals surface area contributed by atoms with Crippen LogP contribution < -0.4 is 14.8 Å². The molecule has 0 bridgehead atoms. The van der Waals surface area contributed by atoms with Crippen LogP contribution in [0.5, 0.6) is 11.5 Å². The number of methoxy groups -OCH3 is 2. The summed E-state index contributed by atoms with van der Waals surface area (Å²) < 4.78 is 10.4. The van der Waals surface area contributed by atoms with E-state index < -0.39 is 0 Å². The minimum atomic E-state index is -0.0177. The summed E-state index contributed by atoms with van der Waals surface area (Å²) in [4.78, 5) is 14.2. The van der Waals surface area contributed by atoms with Crippen molar-refractivity contribution >= 4 is 5.91 Å². The van der Waals surface area contributed by atoms with Gasteiger partial charge in [-0.2, -0.15) is 0 Å². The van der Waals surface area contributed by atoms with E-state index in [0.717, 1.165) is 19.5 Å². The van der Waals surface area contributed by atoms with E-state index in [-0.39, 0.29) is 5.91 Å². The van der Waals surface area contributed by atoms with Gasteiger partial charge in [0.2, 0.25) is 0 Å². The molecule has 0 aromatic heterocycles. The third-order valence-corrected chi connectivity index (χ3v) is 3.60. The molecule has 1 N–H and O–H groups in total. The maximum atomic E-state index is 12.5. The van der Waals surface area contributed by atoms with Gasteiger partial charge < -0.3 is 19.7 Å². The first-order valence-electron chi connectivity index (χ1n) is 6.86. The minimum Gasteiger partial charge on any atom is -0.497 e. The number of carbonyl (C=O) groups is 1. The van der Waals surface area contributed by atoms with Crippen LogP contribution in [0.25, 0.3) is 0 Å². The van der Waals surface area contributed by atoms with E-state index >= 15 is 0 Å². The Bertz CT molecular complexity index is 448. The first-order valence-corrected chi connectivity index (χ1v) is 6.86. The summed E-state index contributed by atoms with van der Waals surface area (Å²) in [6, 6.07) is 5.64. The summed E-state index contributed by atoms with van der Waals surface area (Å²) in [5.41, 5.74) is 0.585. The molecule has 0 spiro atoms. The molecule has 0 saturated carbocycles. The molecule has 1 aliphatic heterocycles. The van der Waals surface area contributed by atoms with Gasteiger partial charge >= 0.3 is 0 Å². The van der Waals surface area contributed by atoms with Gasteiger partial charge in [-0.1, -0.05) is 0 Å². The highest BCUT2D eigenvalue weighted by Crippen LogP contribution is 2.23. The van der Waals surface area contributed by atoms with E-state index in [4.69, 9.17) is 9.47 Å². The summed E-state index contributed by atoms with van der Waals surface area (Å²) in [6.07, 6.45) is 2.30. The summed E-state index contributed by atoms with van der Waals surface area (Å²) in [7, 11) is 4.98. The maximum absolute atomic E-state index is 12.5. The van der Waals surface area contributed by atoms with Crippen molar-refractivity contribution in [1.82, 2.24) is 10.2 Å². The molecule has 1 aromatic carbocycles. The van der Waals surface area contributed by atoms with Gasteiger partial charge in [-0.3, -0.25) is 4.79 Å². The van der Waals surface area contributed by atoms with Gasteiger partial charge in [-0.05, 0) is 31.5 Å². The molecular weight excluding hydrogens is 256 g/mol. The highest BCUT2D eigenvalue weighted by atomic mass is 16.5. The molecule has 1 aliphatic rings. The van der Waals surface area contributed by atoms with Gasteiger partial charge in [0.25, 0.3) is 5.91 Å². The predicted molar refractivity (Wildman–Crippen MR) is 77.5 cm³/mol. The zero-order valence-electron chi connectivity index (χ0n) is 12.3. The fourth-order valence-electron chi connectivity index (χ4n) is 2.48. The van der Waals surface area contributed by atoms with Crippen LogP contribution in [0, 0.1) is 0 Å². The third kappa shape index (κ3) is 3.42. The van der Waals surface area contributed by atoms with Crippen molar-refractivity contribution < 1.29 is 14.3 Å². The topological polar surface area (TPSA) is 50.8 Å². The lowest BCUT2D eigenvalue weighted by Gasteiger charge is -2.22. The van der Waals surface area contributed by atoms with Crippen LogP contribution in [0.3, 0.4) is 0 Å². The van der Waals surface area contributed by atoms with Gasteiger partial charge in [-0.25, -0.2) is 0 Å². The maximum Gasteiger partial charge on any atom is 0.253 e. The van der Waals surface area contributed by atoms with Crippen LogP contribution >= 0.6 is 0 Å². The van der Waals surface area contributed by atoms with E-state index in [1.807, 2.05) is 7.05 Å². The third-order valence-electron chi connectivity index (χ3n) is 3.60. The molecule has 0 aliphatic carbocycles. The number of benzene rings is 1. The molecule has 1 heterocycles. The lowest BCUT2D eigenvalue weighted by molar-refractivity contribution is 0.0783. The molecule has 5 nitrogen and oxygen atoms in total. The average molecular weight is 278 g/mol. The normalized spacial score (nSPS) is 17.9. The number of ether oxygens (including phenoxy) is 2. The summed E-state index contributed by atoms with van der Waals surface area (Å²) in [5.74, 6) is 1.23. The molecular formula is C15H22N2O3. The standard InChI is InChI=1S/C15H22N2O3/c1-17(10-12-5-4-6-16-12)15(18)11-7-13(19-2)9-14(8-11)20-3/h7-9,12,16H,4-6,10H2,1-3H3. The molecule has 1 atom stereocenters. The van der Waals surface area contributed by atoms with Crippen molar-refractivity contribution in [3.8, 4) is 11.5 Å². The molecule has 1 amide bonds. The fraction of sp³-hybridized carbons (Fsp3) is 0.533. The number of likely N-dealkylation sites (N-methyl/N-ethyl adjacent to an activating group) is 1. The predicted octanol–water partition coefficient (Wildman–Crippen LogP) is 1.53. The molecule has 2 rings (SSSR count). The molecule has 1 saturated heterocycles. The molecule has 1 aromatic rings. The van der Waals surface area contributed by atoms with Gasteiger partial charge in [-0.15, -0.1) is 0 Å². The smallest absolute Gasteiger partial charge is 0.253 e. The zero-order chi connectivity index (χ0) is 14.5. The van der Waals surface area contributed by atoms with Crippen LogP contribution in [0.2, 0.25) is 0 Å². The Kier molecular flexibility index (Phi) is 4.84. The highest BCUT2D eigenvalue weighted by Gasteiger charge is 2.20. The molecule has 110 valence electrons. The number of nitrogens with one attached hydrogen (secondary N) is 1. The van der Waals surface area contributed by atoms with Gasteiger partial charge in [0.05, 0.1) is 14.2 Å². The Hall–Kier alpha value is -1.75. The van der Waals surface area contributed by atoms with Crippen molar-refractivity contribution in [3.05, 3.63) is 23.8 Å². The minimum absolute atomic E-state index is 0.0177. The van der Waals surface area contributed by atoms with Crippen LogP contribution in [-0.2, 0) is 0 Å². The van der Waals surface area contributed by atoms with Crippen molar-refractivity contribution in [1.29, 1.82) is 0 Å². The Balaban J connectivity index is 2.10. The number of rotatable bonds is 5. The quantitative estimate of drug-likeness (QED) is 0.887. The van der Waals surface area contributed by atoms with Crippen molar-refractivity contribution in [2.45, 2.75) is 18.9 Å². The largest absolute Gasteiger partial charge is 0.497 e. The fourth-order valence-corrected chi connectivity index (χ4v) is 2.48. The van der Waals surface area contributed by atoms with E-state index in [0.29, 0.717) is 23.1 Å². The molecule has 20 heavy (non-hydrogen) atoms. The van der Waals surface area contributed by atoms with Crippen molar-refractivity contribution in [2.24, 2.45) is 0 Å². The lowest BCUT2D eigenvalue weighted by Crippen LogP contribution is -2.38. The Labute approximate surface area is 119 Å².